The maximum absolute atomic E-state index is 15.2. The van der Waals surface area contributed by atoms with Gasteiger partial charge in [-0.05, 0) is 104 Å². The van der Waals surface area contributed by atoms with Crippen LogP contribution in [0.15, 0.2) is 35.9 Å². The van der Waals surface area contributed by atoms with Gasteiger partial charge >= 0.3 is 5.97 Å². The van der Waals surface area contributed by atoms with Crippen LogP contribution >= 0.6 is 11.3 Å². The molecule has 6 aliphatic rings. The van der Waals surface area contributed by atoms with E-state index >= 15 is 4.79 Å². The molecule has 1 aromatic carbocycles. The Balaban J connectivity index is 1.14. The minimum atomic E-state index is -0.659. The van der Waals surface area contributed by atoms with Gasteiger partial charge in [0.2, 0.25) is 0 Å². The predicted octanol–water partition coefficient (Wildman–Crippen LogP) is 8.00. The van der Waals surface area contributed by atoms with Gasteiger partial charge in [0.15, 0.2) is 18.4 Å². The van der Waals surface area contributed by atoms with Crippen LogP contribution in [0.25, 0.3) is 10.6 Å². The van der Waals surface area contributed by atoms with Crippen LogP contribution in [-0.2, 0) is 47.5 Å². The second kappa shape index (κ2) is 19.5. The van der Waals surface area contributed by atoms with E-state index in [1.807, 2.05) is 13.8 Å². The number of hydrogen-bond acceptors (Lipinski definition) is 13. The summed E-state index contributed by atoms with van der Waals surface area (Å²) in [7, 11) is 9.17. The molecular formula is C49H70N2O10S. The van der Waals surface area contributed by atoms with E-state index in [0.717, 1.165) is 66.8 Å². The zero-order chi connectivity index (χ0) is 44.0. The standard InChI is InChI=1S/C49H70N2O10S/c1-11-30-13-12-14-38(61-40-20-19-37(51(6)7)27(4)57-40)26(3)43(53)36-23-33-32-21-31(60-49-46(56-10)45(55-9)44(54-8)28(5)58-49)22-35(32)42-47(41(33)34(36)24-39(52)59-30)62-48(50-42)29-17-15-25(2)16-18-29/h15-18,23,26-28,30-35,37-38,40-41,44-46,49H,11-14,19-22,24H2,1-10H3/t26-,27?,28?,30+,31+,32+,33+,34-,35-,37+,38+,40+,41-,44+,45?,46?,49+/m1/s1. The van der Waals surface area contributed by atoms with Crippen LogP contribution in [0.4, 0.5) is 0 Å². The van der Waals surface area contributed by atoms with Crippen LogP contribution in [0, 0.1) is 30.6 Å². The summed E-state index contributed by atoms with van der Waals surface area (Å²) >= 11 is 1.72. The number of benzene rings is 1. The Morgan fingerprint density at radius 2 is 1.60 bits per heavy atom. The summed E-state index contributed by atoms with van der Waals surface area (Å²) in [6.07, 6.45) is 5.37. The van der Waals surface area contributed by atoms with Gasteiger partial charge in [0.1, 0.15) is 29.4 Å². The third-order valence-corrected chi connectivity index (χ3v) is 16.4. The molecule has 4 heterocycles. The number of ether oxygens (including phenoxy) is 8. The quantitative estimate of drug-likeness (QED) is 0.215. The Morgan fingerprint density at radius 1 is 0.855 bits per heavy atom. The van der Waals surface area contributed by atoms with Gasteiger partial charge in [-0.25, -0.2) is 4.98 Å². The topological polar surface area (TPSA) is 124 Å². The molecule has 1 saturated carbocycles. The van der Waals surface area contributed by atoms with E-state index in [1.165, 1.54) is 10.4 Å². The van der Waals surface area contributed by atoms with Crippen molar-refractivity contribution in [1.29, 1.82) is 0 Å². The summed E-state index contributed by atoms with van der Waals surface area (Å²) < 4.78 is 50.6. The van der Waals surface area contributed by atoms with Gasteiger partial charge in [-0.3, -0.25) is 9.59 Å². The third-order valence-electron chi connectivity index (χ3n) is 15.2. The van der Waals surface area contributed by atoms with E-state index in [2.05, 4.69) is 70.1 Å². The Hall–Kier alpha value is -2.59. The Labute approximate surface area is 372 Å². The van der Waals surface area contributed by atoms with E-state index in [1.54, 1.807) is 32.7 Å². The van der Waals surface area contributed by atoms with Crippen LogP contribution in [0.1, 0.15) is 113 Å². The number of carbonyl (C=O) groups excluding carboxylic acids is 2. The summed E-state index contributed by atoms with van der Waals surface area (Å²) in [6.45, 7) is 10.3. The Morgan fingerprint density at radius 3 is 2.27 bits per heavy atom. The highest BCUT2D eigenvalue weighted by Gasteiger charge is 2.57. The lowest BCUT2D eigenvalue weighted by Crippen LogP contribution is -2.59. The van der Waals surface area contributed by atoms with Gasteiger partial charge in [0, 0.05) is 61.5 Å². The van der Waals surface area contributed by atoms with Gasteiger partial charge in [0.25, 0.3) is 0 Å². The number of fused-ring (bicyclic) bond motifs is 8. The molecule has 3 aliphatic carbocycles. The third kappa shape index (κ3) is 9.01. The molecule has 1 aromatic heterocycles. The molecule has 342 valence electrons. The molecular weight excluding hydrogens is 809 g/mol. The number of ketones is 1. The largest absolute Gasteiger partial charge is 0.462 e. The highest BCUT2D eigenvalue weighted by atomic mass is 32.1. The number of aryl methyl sites for hydroxylation is 1. The number of esters is 1. The molecule has 62 heavy (non-hydrogen) atoms. The molecule has 8 rings (SSSR count). The molecule has 0 spiro atoms. The maximum atomic E-state index is 15.2. The van der Waals surface area contributed by atoms with Crippen molar-refractivity contribution in [1.82, 2.24) is 9.88 Å². The molecule has 3 saturated heterocycles. The minimum absolute atomic E-state index is 0.00217. The number of aromatic nitrogens is 1. The number of nitrogens with zero attached hydrogens (tertiary/aromatic N) is 2. The minimum Gasteiger partial charge on any atom is -0.462 e. The molecule has 17 atom stereocenters. The number of allylic oxidation sites excluding steroid dienone is 2. The lowest BCUT2D eigenvalue weighted by Gasteiger charge is -2.44. The second-order valence-corrected chi connectivity index (χ2v) is 20.2. The lowest BCUT2D eigenvalue weighted by molar-refractivity contribution is -0.314. The number of Topliss-reactive ketones (excluding diaryl/α,β-unsaturated/α-hetero) is 1. The second-order valence-electron chi connectivity index (χ2n) is 19.1. The SMILES string of the molecule is CC[C@H]1CCC[C@H](O[C@H]2CC[C@H](N(C)C)C(C)O2)[C@@H](C)C(=O)C2=C[C@H]3[C@@H]4C[C@H](O[C@@H]5OC(C)[C@H](OC)C(OC)C5OC)C[C@H]4c4nc(-c5ccc(C)cc5)sc4[C@H]3[C@@H]2CC(=O)O1. The van der Waals surface area contributed by atoms with E-state index in [-0.39, 0.29) is 96.8 Å². The molecule has 0 amide bonds. The van der Waals surface area contributed by atoms with E-state index < -0.39 is 18.3 Å². The highest BCUT2D eigenvalue weighted by molar-refractivity contribution is 7.15. The summed E-state index contributed by atoms with van der Waals surface area (Å²) in [5, 5.41) is 0.956. The maximum Gasteiger partial charge on any atom is 0.306 e. The number of carbonyl (C=O) groups is 2. The molecule has 13 heteroatoms. The van der Waals surface area contributed by atoms with Gasteiger partial charge in [-0.15, -0.1) is 11.3 Å². The summed E-state index contributed by atoms with van der Waals surface area (Å²) in [5.74, 6) is -0.843. The van der Waals surface area contributed by atoms with Crippen molar-refractivity contribution in [3.8, 4) is 10.6 Å². The Kier molecular flexibility index (Phi) is 14.4. The molecule has 12 nitrogen and oxygen atoms in total. The first-order chi connectivity index (χ1) is 29.8. The average Bonchev–Trinajstić information content (AvgIpc) is 3.97. The average molecular weight is 879 g/mol. The number of likely N-dealkylation sites (N-methyl/N-ethyl adjacent to an activating group) is 1. The number of rotatable bonds is 10. The van der Waals surface area contributed by atoms with Crippen LogP contribution in [0.5, 0.6) is 0 Å². The first-order valence-corrected chi connectivity index (χ1v) is 24.0. The first-order valence-electron chi connectivity index (χ1n) is 23.2. The molecule has 2 aromatic rings. The fourth-order valence-electron chi connectivity index (χ4n) is 11.9. The molecule has 0 N–H and O–H groups in total. The monoisotopic (exact) mass is 878 g/mol. The number of methoxy groups -OCH3 is 3. The fraction of sp³-hybridized carbons (Fsp3) is 0.735. The highest BCUT2D eigenvalue weighted by Crippen LogP contribution is 2.63. The molecule has 0 radical (unpaired) electrons. The van der Waals surface area contributed by atoms with Crippen molar-refractivity contribution in [3.05, 3.63) is 52.0 Å². The van der Waals surface area contributed by atoms with Crippen molar-refractivity contribution < 1.29 is 47.5 Å². The van der Waals surface area contributed by atoms with Gasteiger partial charge in [0.05, 0.1) is 36.5 Å². The summed E-state index contributed by atoms with van der Waals surface area (Å²) in [6, 6.07) is 8.84. The lowest BCUT2D eigenvalue weighted by atomic mass is 9.67. The normalized spacial score (nSPS) is 40.1. The smallest absolute Gasteiger partial charge is 0.306 e. The van der Waals surface area contributed by atoms with Gasteiger partial charge in [-0.1, -0.05) is 49.8 Å². The van der Waals surface area contributed by atoms with Crippen molar-refractivity contribution in [2.75, 3.05) is 35.4 Å². The first kappa shape index (κ1) is 46.0. The van der Waals surface area contributed by atoms with Crippen LogP contribution < -0.4 is 0 Å². The van der Waals surface area contributed by atoms with E-state index in [9.17, 15) is 4.79 Å². The molecule has 4 fully saturated rings. The van der Waals surface area contributed by atoms with Crippen molar-refractivity contribution in [3.63, 3.8) is 0 Å². The number of cyclic esters (lactones) is 1. The molecule has 0 bridgehead atoms. The zero-order valence-corrected chi connectivity index (χ0v) is 39.3. The van der Waals surface area contributed by atoms with Crippen molar-refractivity contribution >= 4 is 23.1 Å². The Bertz CT molecular complexity index is 1900. The van der Waals surface area contributed by atoms with E-state index in [0.29, 0.717) is 12.5 Å². The zero-order valence-electron chi connectivity index (χ0n) is 38.5. The number of thiazole rings is 1. The van der Waals surface area contributed by atoms with Gasteiger partial charge < -0.3 is 42.8 Å². The summed E-state index contributed by atoms with van der Waals surface area (Å²) in [5.41, 5.74) is 4.05. The van der Waals surface area contributed by atoms with Gasteiger partial charge in [-0.2, -0.15) is 0 Å². The van der Waals surface area contributed by atoms with Crippen LogP contribution in [0.2, 0.25) is 0 Å². The predicted molar refractivity (Wildman–Crippen MR) is 236 cm³/mol. The van der Waals surface area contributed by atoms with Crippen LogP contribution in [-0.4, -0.2) is 125 Å². The fourth-order valence-corrected chi connectivity index (χ4v) is 13.3. The molecule has 4 unspecified atom stereocenters. The summed E-state index contributed by atoms with van der Waals surface area (Å²) in [4.78, 5) is 38.2. The van der Waals surface area contributed by atoms with Crippen LogP contribution in [0.3, 0.4) is 0 Å². The van der Waals surface area contributed by atoms with Crippen molar-refractivity contribution in [2.24, 2.45) is 23.7 Å². The number of hydrogen-bond donors (Lipinski definition) is 0. The van der Waals surface area contributed by atoms with Crippen molar-refractivity contribution in [2.45, 2.75) is 172 Å². The molecule has 3 aliphatic heterocycles. The van der Waals surface area contributed by atoms with E-state index in [4.69, 9.17) is 42.9 Å².